The Morgan fingerprint density at radius 2 is 1.74 bits per heavy atom. The summed E-state index contributed by atoms with van der Waals surface area (Å²) < 4.78 is 11.0. The lowest BCUT2D eigenvalue weighted by Gasteiger charge is -2.25. The molecule has 5 nitrogen and oxygen atoms in total. The van der Waals surface area contributed by atoms with Crippen molar-refractivity contribution in [2.45, 2.75) is 58.1 Å². The number of nitrogens with two attached hydrogens (primary N) is 1. The minimum Gasteiger partial charge on any atom is -0.379 e. The quantitative estimate of drug-likeness (QED) is 0.591. The lowest BCUT2D eigenvalue weighted by Crippen LogP contribution is -2.51. The minimum atomic E-state index is -0.616. The number of primary amides is 1. The molecule has 0 aromatic heterocycles. The van der Waals surface area contributed by atoms with E-state index >= 15 is 0 Å². The van der Waals surface area contributed by atoms with Crippen molar-refractivity contribution in [2.75, 3.05) is 26.9 Å². The first kappa shape index (κ1) is 18.4. The van der Waals surface area contributed by atoms with Gasteiger partial charge in [-0.25, -0.2) is 0 Å². The molecule has 0 bridgehead atoms. The molecule has 0 spiro atoms. The van der Waals surface area contributed by atoms with Gasteiger partial charge in [0.2, 0.25) is 5.91 Å². The van der Waals surface area contributed by atoms with Gasteiger partial charge in [0.1, 0.15) is 0 Å². The van der Waals surface area contributed by atoms with Crippen LogP contribution in [0.5, 0.6) is 0 Å². The summed E-state index contributed by atoms with van der Waals surface area (Å²) >= 11 is 0. The maximum absolute atomic E-state index is 11.3. The predicted octanol–water partition coefficient (Wildman–Crippen LogP) is 1.45. The third-order valence-corrected chi connectivity index (χ3v) is 3.07. The predicted molar refractivity (Wildman–Crippen MR) is 77.0 cm³/mol. The summed E-state index contributed by atoms with van der Waals surface area (Å²) in [5, 5.41) is 2.97. The monoisotopic (exact) mass is 274 g/mol. The van der Waals surface area contributed by atoms with Crippen molar-refractivity contribution >= 4 is 5.91 Å². The summed E-state index contributed by atoms with van der Waals surface area (Å²) in [6, 6.07) is 0. The van der Waals surface area contributed by atoms with E-state index in [1.165, 1.54) is 0 Å². The zero-order valence-electron chi connectivity index (χ0n) is 13.0. The lowest BCUT2D eigenvalue weighted by molar-refractivity contribution is -0.123. The van der Waals surface area contributed by atoms with Gasteiger partial charge < -0.3 is 20.5 Å². The van der Waals surface area contributed by atoms with Gasteiger partial charge in [0, 0.05) is 6.61 Å². The van der Waals surface area contributed by atoms with E-state index in [4.69, 9.17) is 15.2 Å². The van der Waals surface area contributed by atoms with E-state index in [-0.39, 0.29) is 11.5 Å². The molecule has 0 fully saturated rings. The van der Waals surface area contributed by atoms with E-state index in [0.29, 0.717) is 19.8 Å². The second kappa shape index (κ2) is 8.51. The SMILES string of the molecule is CNC(C)(CCCCOCCOC(C)(C)C)C(N)=O. The second-order valence-corrected chi connectivity index (χ2v) is 5.98. The van der Waals surface area contributed by atoms with E-state index in [2.05, 4.69) is 5.32 Å². The van der Waals surface area contributed by atoms with Crippen LogP contribution in [-0.2, 0) is 14.3 Å². The topological polar surface area (TPSA) is 73.6 Å². The molecule has 3 N–H and O–H groups in total. The molecular weight excluding hydrogens is 244 g/mol. The molecule has 0 heterocycles. The molecule has 0 aliphatic heterocycles. The van der Waals surface area contributed by atoms with Gasteiger partial charge in [-0.1, -0.05) is 0 Å². The van der Waals surface area contributed by atoms with Crippen LogP contribution in [0.2, 0.25) is 0 Å². The van der Waals surface area contributed by atoms with Crippen LogP contribution in [0.1, 0.15) is 47.0 Å². The Hall–Kier alpha value is -0.650. The van der Waals surface area contributed by atoms with E-state index in [9.17, 15) is 4.79 Å². The molecule has 1 amide bonds. The summed E-state index contributed by atoms with van der Waals surface area (Å²) in [5.41, 5.74) is 4.63. The fourth-order valence-corrected chi connectivity index (χ4v) is 1.56. The number of unbranched alkanes of at least 4 members (excludes halogenated alkanes) is 1. The Kier molecular flexibility index (Phi) is 8.22. The van der Waals surface area contributed by atoms with Crippen LogP contribution in [0.3, 0.4) is 0 Å². The van der Waals surface area contributed by atoms with Crippen LogP contribution >= 0.6 is 0 Å². The highest BCUT2D eigenvalue weighted by Gasteiger charge is 2.27. The zero-order chi connectivity index (χ0) is 14.9. The number of amides is 1. The summed E-state index contributed by atoms with van der Waals surface area (Å²) in [5.74, 6) is -0.311. The van der Waals surface area contributed by atoms with Crippen molar-refractivity contribution in [3.8, 4) is 0 Å². The largest absolute Gasteiger partial charge is 0.379 e. The molecule has 114 valence electrons. The van der Waals surface area contributed by atoms with Crippen molar-refractivity contribution in [1.29, 1.82) is 0 Å². The Bertz CT molecular complexity index is 264. The first-order chi connectivity index (χ1) is 8.71. The van der Waals surface area contributed by atoms with Crippen LogP contribution in [0.25, 0.3) is 0 Å². The van der Waals surface area contributed by atoms with Crippen molar-refractivity contribution in [3.05, 3.63) is 0 Å². The first-order valence-corrected chi connectivity index (χ1v) is 6.92. The smallest absolute Gasteiger partial charge is 0.237 e. The number of nitrogens with one attached hydrogen (secondary N) is 1. The molecule has 19 heavy (non-hydrogen) atoms. The number of ether oxygens (including phenoxy) is 2. The summed E-state index contributed by atoms with van der Waals surface area (Å²) in [6.45, 7) is 9.80. The molecule has 0 aromatic rings. The fraction of sp³-hybridized carbons (Fsp3) is 0.929. The normalized spacial score (nSPS) is 15.2. The van der Waals surface area contributed by atoms with Gasteiger partial charge in [0.05, 0.1) is 24.4 Å². The molecule has 0 saturated heterocycles. The molecule has 5 heteroatoms. The van der Waals surface area contributed by atoms with Crippen molar-refractivity contribution in [3.63, 3.8) is 0 Å². The third-order valence-electron chi connectivity index (χ3n) is 3.07. The van der Waals surface area contributed by atoms with Gasteiger partial charge in [-0.3, -0.25) is 4.79 Å². The number of rotatable bonds is 10. The Morgan fingerprint density at radius 1 is 1.11 bits per heavy atom. The van der Waals surface area contributed by atoms with E-state index < -0.39 is 5.54 Å². The third kappa shape index (κ3) is 8.97. The lowest BCUT2D eigenvalue weighted by atomic mass is 9.94. The molecule has 0 rings (SSSR count). The van der Waals surface area contributed by atoms with E-state index in [0.717, 1.165) is 19.3 Å². The molecule has 1 atom stereocenters. The van der Waals surface area contributed by atoms with E-state index in [1.807, 2.05) is 27.7 Å². The van der Waals surface area contributed by atoms with Gasteiger partial charge in [-0.2, -0.15) is 0 Å². The average molecular weight is 274 g/mol. The highest BCUT2D eigenvalue weighted by Crippen LogP contribution is 2.12. The van der Waals surface area contributed by atoms with Crippen molar-refractivity contribution in [2.24, 2.45) is 5.73 Å². The maximum atomic E-state index is 11.3. The van der Waals surface area contributed by atoms with Crippen molar-refractivity contribution in [1.82, 2.24) is 5.32 Å². The maximum Gasteiger partial charge on any atom is 0.237 e. The van der Waals surface area contributed by atoms with Gasteiger partial charge in [-0.05, 0) is 54.0 Å². The molecule has 0 radical (unpaired) electrons. The van der Waals surface area contributed by atoms with Gasteiger partial charge >= 0.3 is 0 Å². The number of likely N-dealkylation sites (N-methyl/N-ethyl adjacent to an activating group) is 1. The standard InChI is InChI=1S/C14H30N2O3/c1-13(2,3)19-11-10-18-9-7-6-8-14(4,16-5)12(15)17/h16H,6-11H2,1-5H3,(H2,15,17). The second-order valence-electron chi connectivity index (χ2n) is 5.98. The molecule has 0 aliphatic carbocycles. The van der Waals surface area contributed by atoms with Crippen LogP contribution in [0.4, 0.5) is 0 Å². The van der Waals surface area contributed by atoms with Crippen LogP contribution in [0, 0.1) is 0 Å². The summed E-state index contributed by atoms with van der Waals surface area (Å²) in [4.78, 5) is 11.3. The number of carbonyl (C=O) groups is 1. The highest BCUT2D eigenvalue weighted by molar-refractivity contribution is 5.84. The highest BCUT2D eigenvalue weighted by atomic mass is 16.5. The Labute approximate surface area is 117 Å². The van der Waals surface area contributed by atoms with Gasteiger partial charge in [-0.15, -0.1) is 0 Å². The van der Waals surface area contributed by atoms with Crippen LogP contribution in [-0.4, -0.2) is 43.9 Å². The number of carbonyl (C=O) groups excluding carboxylic acids is 1. The molecule has 0 aromatic carbocycles. The van der Waals surface area contributed by atoms with Crippen LogP contribution < -0.4 is 11.1 Å². The minimum absolute atomic E-state index is 0.112. The zero-order valence-corrected chi connectivity index (χ0v) is 13.0. The van der Waals surface area contributed by atoms with Gasteiger partial charge in [0.15, 0.2) is 0 Å². The molecule has 0 aliphatic rings. The molecular formula is C14H30N2O3. The Morgan fingerprint density at radius 3 is 2.21 bits per heavy atom. The van der Waals surface area contributed by atoms with Crippen LogP contribution in [0.15, 0.2) is 0 Å². The number of hydrogen-bond acceptors (Lipinski definition) is 4. The molecule has 1 unspecified atom stereocenters. The summed E-state index contributed by atoms with van der Waals surface area (Å²) in [6.07, 6.45) is 2.54. The van der Waals surface area contributed by atoms with E-state index in [1.54, 1.807) is 7.05 Å². The first-order valence-electron chi connectivity index (χ1n) is 6.92. The van der Waals surface area contributed by atoms with Crippen molar-refractivity contribution < 1.29 is 14.3 Å². The number of hydrogen-bond donors (Lipinski definition) is 2. The Balaban J connectivity index is 3.53. The summed E-state index contributed by atoms with van der Waals surface area (Å²) in [7, 11) is 1.76. The average Bonchev–Trinajstić information content (AvgIpc) is 2.30. The molecule has 0 saturated carbocycles. The van der Waals surface area contributed by atoms with Gasteiger partial charge in [0.25, 0.3) is 0 Å². The fourth-order valence-electron chi connectivity index (χ4n) is 1.56.